The molecule has 1 unspecified atom stereocenters. The number of ether oxygens (including phenoxy) is 2. The lowest BCUT2D eigenvalue weighted by Gasteiger charge is -2.31. The molecule has 2 aromatic rings. The third-order valence-corrected chi connectivity index (χ3v) is 4.08. The van der Waals surface area contributed by atoms with E-state index in [0.29, 0.717) is 0 Å². The Labute approximate surface area is 157 Å². The lowest BCUT2D eigenvalue weighted by molar-refractivity contribution is -0.0690. The van der Waals surface area contributed by atoms with Crippen LogP contribution in [0.25, 0.3) is 10.9 Å². The maximum absolute atomic E-state index is 12.6. The van der Waals surface area contributed by atoms with Crippen LogP contribution < -0.4 is 15.2 Å². The summed E-state index contributed by atoms with van der Waals surface area (Å²) in [6.07, 6.45) is 0.962. The van der Waals surface area contributed by atoms with Gasteiger partial charge in [0.15, 0.2) is 17.1 Å². The molecule has 1 aromatic carbocycles. The second-order valence-electron chi connectivity index (χ2n) is 6.03. The summed E-state index contributed by atoms with van der Waals surface area (Å²) >= 11 is 0. The van der Waals surface area contributed by atoms with Crippen LogP contribution in [0.5, 0.6) is 11.5 Å². The Hall–Kier alpha value is -2.95. The molecule has 0 aliphatic heterocycles. The summed E-state index contributed by atoms with van der Waals surface area (Å²) < 4.78 is 58.8. The molecule has 0 bridgehead atoms. The number of benzene rings is 1. The first-order valence-electron chi connectivity index (χ1n) is 8.00. The van der Waals surface area contributed by atoms with E-state index in [4.69, 9.17) is 11.3 Å². The maximum Gasteiger partial charge on any atom is 0.387 e. The Morgan fingerprint density at radius 1 is 1.18 bits per heavy atom. The van der Waals surface area contributed by atoms with Gasteiger partial charge in [-0.1, -0.05) is 19.9 Å². The second-order valence-corrected chi connectivity index (χ2v) is 6.03. The molecule has 0 radical (unpaired) electrons. The summed E-state index contributed by atoms with van der Waals surface area (Å²) in [5.41, 5.74) is 10.8. The fourth-order valence-electron chi connectivity index (χ4n) is 2.69. The van der Waals surface area contributed by atoms with E-state index < -0.39 is 36.2 Å². The van der Waals surface area contributed by atoms with Crippen molar-refractivity contribution in [2.24, 2.45) is 16.8 Å². The molecule has 152 valence electrons. The highest BCUT2D eigenvalue weighted by atomic mass is 19.3. The molecule has 0 saturated heterocycles. The van der Waals surface area contributed by atoms with Gasteiger partial charge < -0.3 is 20.3 Å². The molecule has 0 fully saturated rings. The summed E-state index contributed by atoms with van der Waals surface area (Å²) in [6.45, 7) is -3.23. The van der Waals surface area contributed by atoms with E-state index in [0.717, 1.165) is 18.3 Å². The number of hydrogen-bond donors (Lipinski definition) is 3. The first-order valence-corrected chi connectivity index (χ1v) is 8.00. The van der Waals surface area contributed by atoms with Crippen LogP contribution in [-0.4, -0.2) is 23.3 Å². The van der Waals surface area contributed by atoms with Crippen molar-refractivity contribution in [2.75, 3.05) is 0 Å². The van der Waals surface area contributed by atoms with Crippen LogP contribution in [0.4, 0.5) is 17.6 Å². The topological polar surface area (TPSA) is 114 Å². The zero-order valence-electron chi connectivity index (χ0n) is 14.9. The standard InChI is InChI=1S/C17H18F4N4O3/c1-8(2)17(26,14(7-22)25-23)13-4-3-9-5-11(27-15(18)19)12(28-16(20)21)6-10(9)24-13/h3-8,15-16,23,26H,22H2,1-2H3/b14-7-,25-23?. The normalized spacial score (nSPS) is 14.6. The Bertz CT molecular complexity index is 892. The van der Waals surface area contributed by atoms with Gasteiger partial charge in [0.05, 0.1) is 11.2 Å². The second kappa shape index (κ2) is 8.38. The predicted molar refractivity (Wildman–Crippen MR) is 91.2 cm³/mol. The van der Waals surface area contributed by atoms with Gasteiger partial charge in [-0.05, 0) is 18.1 Å². The van der Waals surface area contributed by atoms with E-state index in [-0.39, 0.29) is 22.3 Å². The SMILES string of the molecule is CC(C)C(O)(/C(=C/N)N=N)c1ccc2cc(OC(F)F)c(OC(F)F)cc2n1. The number of nitrogens with one attached hydrogen (secondary N) is 1. The summed E-state index contributed by atoms with van der Waals surface area (Å²) in [7, 11) is 0. The van der Waals surface area contributed by atoms with Crippen LogP contribution in [0, 0.1) is 11.4 Å². The zero-order valence-corrected chi connectivity index (χ0v) is 14.9. The van der Waals surface area contributed by atoms with Crippen molar-refractivity contribution in [3.8, 4) is 11.5 Å². The molecule has 1 heterocycles. The molecule has 0 aliphatic rings. The number of aromatic nitrogens is 1. The number of aliphatic hydroxyl groups is 1. The Kier molecular flexibility index (Phi) is 6.39. The smallest absolute Gasteiger partial charge is 0.387 e. The van der Waals surface area contributed by atoms with Gasteiger partial charge in [-0.15, -0.1) is 0 Å². The highest BCUT2D eigenvalue weighted by Crippen LogP contribution is 2.39. The number of nitrogens with two attached hydrogens (primary N) is 1. The van der Waals surface area contributed by atoms with Crippen LogP contribution >= 0.6 is 0 Å². The number of hydrogen-bond acceptors (Lipinski definition) is 7. The van der Waals surface area contributed by atoms with Gasteiger partial charge in [-0.3, -0.25) is 0 Å². The van der Waals surface area contributed by atoms with Crippen molar-refractivity contribution in [2.45, 2.75) is 32.7 Å². The first-order chi connectivity index (χ1) is 13.1. The minimum Gasteiger partial charge on any atom is -0.431 e. The summed E-state index contributed by atoms with van der Waals surface area (Å²) in [4.78, 5) is 4.22. The van der Waals surface area contributed by atoms with Crippen LogP contribution in [-0.2, 0) is 5.60 Å². The van der Waals surface area contributed by atoms with Crippen LogP contribution in [0.2, 0.25) is 0 Å². The van der Waals surface area contributed by atoms with Crippen LogP contribution in [0.15, 0.2) is 41.3 Å². The third kappa shape index (κ3) is 4.14. The number of halogens is 4. The maximum atomic E-state index is 12.6. The highest BCUT2D eigenvalue weighted by Gasteiger charge is 2.39. The molecule has 0 saturated carbocycles. The minimum absolute atomic E-state index is 0.0354. The fraction of sp³-hybridized carbons (Fsp3) is 0.353. The van der Waals surface area contributed by atoms with Gasteiger partial charge in [0.1, 0.15) is 5.70 Å². The quantitative estimate of drug-likeness (QED) is 0.454. The molecule has 1 aromatic heterocycles. The van der Waals surface area contributed by atoms with E-state index in [1.807, 2.05) is 0 Å². The van der Waals surface area contributed by atoms with Gasteiger partial charge in [0.25, 0.3) is 0 Å². The van der Waals surface area contributed by atoms with E-state index >= 15 is 0 Å². The molecule has 11 heteroatoms. The monoisotopic (exact) mass is 402 g/mol. The largest absolute Gasteiger partial charge is 0.431 e. The summed E-state index contributed by atoms with van der Waals surface area (Å²) in [5.74, 6) is -1.74. The number of nitrogens with zero attached hydrogens (tertiary/aromatic N) is 2. The molecule has 0 spiro atoms. The molecule has 2 rings (SSSR count). The van der Waals surface area contributed by atoms with E-state index in [1.54, 1.807) is 13.8 Å². The van der Waals surface area contributed by atoms with Crippen molar-refractivity contribution in [3.63, 3.8) is 0 Å². The van der Waals surface area contributed by atoms with Gasteiger partial charge in [-0.2, -0.15) is 22.7 Å². The van der Waals surface area contributed by atoms with E-state index in [9.17, 15) is 22.7 Å². The molecule has 7 nitrogen and oxygen atoms in total. The molecule has 1 atom stereocenters. The average Bonchev–Trinajstić information content (AvgIpc) is 2.61. The van der Waals surface area contributed by atoms with Gasteiger partial charge in [0, 0.05) is 17.7 Å². The van der Waals surface area contributed by atoms with Crippen molar-refractivity contribution in [1.29, 1.82) is 5.53 Å². The lowest BCUT2D eigenvalue weighted by atomic mass is 9.83. The first kappa shape index (κ1) is 21.4. The zero-order chi connectivity index (χ0) is 21.1. The minimum atomic E-state index is -3.28. The average molecular weight is 402 g/mol. The number of pyridine rings is 1. The van der Waals surface area contributed by atoms with Crippen molar-refractivity contribution in [3.05, 3.63) is 41.9 Å². The predicted octanol–water partition coefficient (Wildman–Crippen LogP) is 4.11. The Balaban J connectivity index is 2.67. The van der Waals surface area contributed by atoms with Gasteiger partial charge in [-0.25, -0.2) is 10.5 Å². The molecular formula is C17H18F4N4O3. The fourth-order valence-corrected chi connectivity index (χ4v) is 2.69. The van der Waals surface area contributed by atoms with Crippen LogP contribution in [0.3, 0.4) is 0 Å². The summed E-state index contributed by atoms with van der Waals surface area (Å²) in [6, 6.07) is 4.87. The van der Waals surface area contributed by atoms with Crippen LogP contribution in [0.1, 0.15) is 19.5 Å². The number of fused-ring (bicyclic) bond motifs is 1. The van der Waals surface area contributed by atoms with E-state index in [1.165, 1.54) is 12.1 Å². The molecule has 0 amide bonds. The van der Waals surface area contributed by atoms with Gasteiger partial charge in [0.2, 0.25) is 0 Å². The number of rotatable bonds is 8. The molecule has 0 aliphatic carbocycles. The molecular weight excluding hydrogens is 384 g/mol. The Morgan fingerprint density at radius 3 is 2.21 bits per heavy atom. The lowest BCUT2D eigenvalue weighted by Crippen LogP contribution is -2.35. The van der Waals surface area contributed by atoms with Crippen molar-refractivity contribution >= 4 is 10.9 Å². The Morgan fingerprint density at radius 2 is 1.75 bits per heavy atom. The van der Waals surface area contributed by atoms with Gasteiger partial charge >= 0.3 is 13.2 Å². The highest BCUT2D eigenvalue weighted by molar-refractivity contribution is 5.83. The molecule has 28 heavy (non-hydrogen) atoms. The summed E-state index contributed by atoms with van der Waals surface area (Å²) in [5, 5.41) is 14.6. The molecule has 4 N–H and O–H groups in total. The van der Waals surface area contributed by atoms with Crippen molar-refractivity contribution < 1.29 is 32.1 Å². The third-order valence-electron chi connectivity index (χ3n) is 4.08. The van der Waals surface area contributed by atoms with Crippen molar-refractivity contribution in [1.82, 2.24) is 4.98 Å². The van der Waals surface area contributed by atoms with E-state index in [2.05, 4.69) is 19.6 Å². The number of alkyl halides is 4.